The number of benzene rings is 1. The van der Waals surface area contributed by atoms with E-state index in [1.54, 1.807) is 0 Å². The Balaban J connectivity index is 2.06. The maximum absolute atomic E-state index is 11.3. The van der Waals surface area contributed by atoms with Gasteiger partial charge in [-0.3, -0.25) is 4.79 Å². The number of halogens is 1. The van der Waals surface area contributed by atoms with Crippen LogP contribution in [0.3, 0.4) is 0 Å². The smallest absolute Gasteiger partial charge is 0.236 e. The van der Waals surface area contributed by atoms with Crippen molar-refractivity contribution in [1.82, 2.24) is 4.98 Å². The first-order valence-corrected chi connectivity index (χ1v) is 8.63. The van der Waals surface area contributed by atoms with Crippen LogP contribution < -0.4 is 5.32 Å². The van der Waals surface area contributed by atoms with Gasteiger partial charge in [-0.1, -0.05) is 53.5 Å². The summed E-state index contributed by atoms with van der Waals surface area (Å²) in [5.41, 5.74) is 3.35. The maximum Gasteiger partial charge on any atom is 0.236 e. The minimum absolute atomic E-state index is 0.0826. The van der Waals surface area contributed by atoms with Crippen LogP contribution in [-0.2, 0) is 11.2 Å². The fourth-order valence-electron chi connectivity index (χ4n) is 1.84. The topological polar surface area (TPSA) is 42.0 Å². The third-order valence-electron chi connectivity index (χ3n) is 2.94. The molecule has 0 aliphatic carbocycles. The van der Waals surface area contributed by atoms with Gasteiger partial charge < -0.3 is 5.32 Å². The number of hydrogen-bond acceptors (Lipinski definition) is 3. The molecule has 0 saturated heterocycles. The van der Waals surface area contributed by atoms with E-state index >= 15 is 0 Å². The van der Waals surface area contributed by atoms with Crippen molar-refractivity contribution in [2.24, 2.45) is 0 Å². The van der Waals surface area contributed by atoms with Crippen LogP contribution in [0.5, 0.6) is 0 Å². The summed E-state index contributed by atoms with van der Waals surface area (Å²) in [5, 5.41) is 5.63. The van der Waals surface area contributed by atoms with E-state index < -0.39 is 0 Å². The lowest BCUT2D eigenvalue weighted by atomic mass is 10.1. The maximum atomic E-state index is 11.3. The largest absolute Gasteiger partial charge is 0.301 e. The number of unbranched alkanes of at least 4 members (excludes halogenated alkanes) is 1. The first-order chi connectivity index (χ1) is 9.72. The van der Waals surface area contributed by atoms with Gasteiger partial charge in [-0.25, -0.2) is 4.98 Å². The van der Waals surface area contributed by atoms with E-state index in [1.165, 1.54) is 29.7 Å². The highest BCUT2D eigenvalue weighted by atomic mass is 79.9. The quantitative estimate of drug-likeness (QED) is 0.778. The molecule has 0 spiro atoms. The predicted molar refractivity (Wildman–Crippen MR) is 88.6 cm³/mol. The lowest BCUT2D eigenvalue weighted by molar-refractivity contribution is -0.113. The molecule has 3 nitrogen and oxygen atoms in total. The van der Waals surface area contributed by atoms with Crippen molar-refractivity contribution in [3.8, 4) is 11.3 Å². The average Bonchev–Trinajstić information content (AvgIpc) is 2.94. The minimum atomic E-state index is -0.0826. The van der Waals surface area contributed by atoms with E-state index in [-0.39, 0.29) is 11.2 Å². The number of alkyl halides is 1. The highest BCUT2D eigenvalue weighted by molar-refractivity contribution is 9.09. The normalized spacial score (nSPS) is 10.5. The zero-order valence-electron chi connectivity index (χ0n) is 11.4. The monoisotopic (exact) mass is 352 g/mol. The summed E-state index contributed by atoms with van der Waals surface area (Å²) in [5.74, 6) is -0.0826. The summed E-state index contributed by atoms with van der Waals surface area (Å²) in [4.78, 5) is 15.7. The van der Waals surface area contributed by atoms with Crippen LogP contribution in [0.2, 0.25) is 0 Å². The van der Waals surface area contributed by atoms with Crippen molar-refractivity contribution < 1.29 is 4.79 Å². The summed E-state index contributed by atoms with van der Waals surface area (Å²) in [6.07, 6.45) is 3.56. The van der Waals surface area contributed by atoms with Gasteiger partial charge >= 0.3 is 0 Å². The fraction of sp³-hybridized carbons (Fsp3) is 0.333. The third kappa shape index (κ3) is 4.15. The molecule has 20 heavy (non-hydrogen) atoms. The van der Waals surface area contributed by atoms with Gasteiger partial charge in [0.25, 0.3) is 0 Å². The van der Waals surface area contributed by atoms with Gasteiger partial charge in [0.15, 0.2) is 5.13 Å². The van der Waals surface area contributed by atoms with Gasteiger partial charge in [0.2, 0.25) is 5.91 Å². The van der Waals surface area contributed by atoms with E-state index in [2.05, 4.69) is 57.4 Å². The molecule has 1 aromatic carbocycles. The number of aromatic nitrogens is 1. The van der Waals surface area contributed by atoms with Gasteiger partial charge in [-0.05, 0) is 18.4 Å². The number of amides is 1. The van der Waals surface area contributed by atoms with Crippen LogP contribution >= 0.6 is 27.3 Å². The molecule has 0 fully saturated rings. The second-order valence-electron chi connectivity index (χ2n) is 4.52. The number of thiazole rings is 1. The van der Waals surface area contributed by atoms with Crippen molar-refractivity contribution >= 4 is 38.3 Å². The number of rotatable bonds is 6. The molecule has 0 aliphatic rings. The number of nitrogens with one attached hydrogen (secondary N) is 1. The Morgan fingerprint density at radius 3 is 2.75 bits per heavy atom. The van der Waals surface area contributed by atoms with Crippen LogP contribution in [0.4, 0.5) is 5.13 Å². The molecule has 2 aromatic rings. The Hall–Kier alpha value is -1.20. The van der Waals surface area contributed by atoms with Crippen molar-refractivity contribution in [3.05, 3.63) is 35.2 Å². The Bertz CT molecular complexity index is 566. The molecule has 2 rings (SSSR count). The average molecular weight is 353 g/mol. The second kappa shape index (κ2) is 7.55. The first kappa shape index (κ1) is 15.2. The Morgan fingerprint density at radius 2 is 2.10 bits per heavy atom. The zero-order chi connectivity index (χ0) is 14.4. The molecule has 1 amide bonds. The second-order valence-corrected chi connectivity index (χ2v) is 5.94. The molecule has 5 heteroatoms. The van der Waals surface area contributed by atoms with E-state index in [9.17, 15) is 4.79 Å². The van der Waals surface area contributed by atoms with E-state index in [0.29, 0.717) is 5.13 Å². The molecule has 0 radical (unpaired) electrons. The molecule has 0 saturated carbocycles. The van der Waals surface area contributed by atoms with Crippen LogP contribution in [0, 0.1) is 0 Å². The molecule has 1 aromatic heterocycles. The highest BCUT2D eigenvalue weighted by Gasteiger charge is 2.07. The van der Waals surface area contributed by atoms with Gasteiger partial charge in [0.1, 0.15) is 0 Å². The predicted octanol–water partition coefficient (Wildman–Crippen LogP) is 4.49. The summed E-state index contributed by atoms with van der Waals surface area (Å²) in [7, 11) is 0. The number of anilines is 1. The van der Waals surface area contributed by atoms with Crippen LogP contribution in [0.25, 0.3) is 11.3 Å². The molecule has 0 bridgehead atoms. The summed E-state index contributed by atoms with van der Waals surface area (Å²) in [6.45, 7) is 2.20. The first-order valence-electron chi connectivity index (χ1n) is 6.63. The fourth-order valence-corrected chi connectivity index (χ4v) is 2.72. The highest BCUT2D eigenvalue weighted by Crippen LogP contribution is 2.25. The SMILES string of the molecule is CCCCc1ccc(-c2csc(NC(=O)CBr)n2)cc1. The molecule has 0 atom stereocenters. The van der Waals surface area contributed by atoms with Crippen molar-refractivity contribution in [2.75, 3.05) is 10.6 Å². The summed E-state index contributed by atoms with van der Waals surface area (Å²) < 4.78 is 0. The molecular weight excluding hydrogens is 336 g/mol. The molecule has 106 valence electrons. The van der Waals surface area contributed by atoms with Crippen LogP contribution in [0.15, 0.2) is 29.6 Å². The Labute approximate surface area is 131 Å². The van der Waals surface area contributed by atoms with E-state index in [0.717, 1.165) is 17.7 Å². The van der Waals surface area contributed by atoms with E-state index in [4.69, 9.17) is 0 Å². The number of aryl methyl sites for hydroxylation is 1. The van der Waals surface area contributed by atoms with Gasteiger partial charge in [0.05, 0.1) is 11.0 Å². The lowest BCUT2D eigenvalue weighted by Crippen LogP contribution is -2.11. The van der Waals surface area contributed by atoms with E-state index in [1.807, 2.05) is 5.38 Å². The molecule has 1 N–H and O–H groups in total. The summed E-state index contributed by atoms with van der Waals surface area (Å²) >= 11 is 4.56. The molecular formula is C15H17BrN2OS. The Morgan fingerprint density at radius 1 is 1.35 bits per heavy atom. The lowest BCUT2D eigenvalue weighted by Gasteiger charge is -2.01. The van der Waals surface area contributed by atoms with Gasteiger partial charge in [-0.15, -0.1) is 11.3 Å². The number of carbonyl (C=O) groups is 1. The third-order valence-corrected chi connectivity index (χ3v) is 4.21. The number of hydrogen-bond donors (Lipinski definition) is 1. The zero-order valence-corrected chi connectivity index (χ0v) is 13.8. The molecule has 0 aliphatic heterocycles. The van der Waals surface area contributed by atoms with Gasteiger partial charge in [-0.2, -0.15) is 0 Å². The Kier molecular flexibility index (Phi) is 5.73. The number of nitrogens with zero attached hydrogens (tertiary/aromatic N) is 1. The van der Waals surface area contributed by atoms with Crippen molar-refractivity contribution in [3.63, 3.8) is 0 Å². The molecule has 0 unspecified atom stereocenters. The van der Waals surface area contributed by atoms with Crippen molar-refractivity contribution in [1.29, 1.82) is 0 Å². The standard InChI is InChI=1S/C15H17BrN2OS/c1-2-3-4-11-5-7-12(8-6-11)13-10-20-15(17-13)18-14(19)9-16/h5-8,10H,2-4,9H2,1H3,(H,17,18,19). The molecule has 1 heterocycles. The number of carbonyl (C=O) groups excluding carboxylic acids is 1. The van der Waals surface area contributed by atoms with Gasteiger partial charge in [0, 0.05) is 10.9 Å². The van der Waals surface area contributed by atoms with Crippen molar-refractivity contribution in [2.45, 2.75) is 26.2 Å². The van der Waals surface area contributed by atoms with Crippen LogP contribution in [-0.4, -0.2) is 16.2 Å². The van der Waals surface area contributed by atoms with Crippen LogP contribution in [0.1, 0.15) is 25.3 Å². The summed E-state index contributed by atoms with van der Waals surface area (Å²) in [6, 6.07) is 8.49. The minimum Gasteiger partial charge on any atom is -0.301 e.